The zero-order valence-electron chi connectivity index (χ0n) is 11.2. The summed E-state index contributed by atoms with van der Waals surface area (Å²) in [7, 11) is 1.84. The molecule has 1 nitrogen and oxygen atoms in total. The number of halogens is 3. The van der Waals surface area contributed by atoms with Crippen molar-refractivity contribution in [3.8, 4) is 0 Å². The molecule has 0 fully saturated rings. The number of rotatable bonds is 5. The molecule has 0 aromatic heterocycles. The van der Waals surface area contributed by atoms with E-state index in [9.17, 15) is 8.78 Å². The molecule has 0 saturated heterocycles. The second-order valence-corrected chi connectivity index (χ2v) is 5.18. The van der Waals surface area contributed by atoms with Crippen LogP contribution in [0.3, 0.4) is 0 Å². The Hall–Kier alpha value is -1.45. The summed E-state index contributed by atoms with van der Waals surface area (Å²) in [5.41, 5.74) is 1.78. The Morgan fingerprint density at radius 2 is 1.75 bits per heavy atom. The third-order valence-corrected chi connectivity index (χ3v) is 3.55. The van der Waals surface area contributed by atoms with Crippen LogP contribution in [0.5, 0.6) is 0 Å². The highest BCUT2D eigenvalue weighted by atomic mass is 35.5. The Kier molecular flexibility index (Phi) is 5.10. The van der Waals surface area contributed by atoms with E-state index in [1.807, 2.05) is 13.1 Å². The molecule has 2 rings (SSSR count). The van der Waals surface area contributed by atoms with E-state index in [1.165, 1.54) is 18.2 Å². The van der Waals surface area contributed by atoms with Crippen molar-refractivity contribution in [1.29, 1.82) is 0 Å². The van der Waals surface area contributed by atoms with Gasteiger partial charge in [-0.25, -0.2) is 8.78 Å². The normalized spacial score (nSPS) is 12.4. The summed E-state index contributed by atoms with van der Waals surface area (Å²) in [6, 6.07) is 11.4. The maximum absolute atomic E-state index is 13.4. The van der Waals surface area contributed by atoms with E-state index in [-0.39, 0.29) is 16.9 Å². The minimum Gasteiger partial charge on any atom is -0.316 e. The second-order valence-electron chi connectivity index (χ2n) is 4.77. The molecule has 0 aliphatic rings. The lowest BCUT2D eigenvalue weighted by molar-refractivity contribution is 0.549. The molecule has 0 saturated carbocycles. The van der Waals surface area contributed by atoms with Crippen LogP contribution in [0.2, 0.25) is 5.02 Å². The van der Waals surface area contributed by atoms with Crippen LogP contribution >= 0.6 is 11.6 Å². The molecule has 0 bridgehead atoms. The summed E-state index contributed by atoms with van der Waals surface area (Å²) in [6.45, 7) is 0. The van der Waals surface area contributed by atoms with E-state index in [0.717, 1.165) is 11.1 Å². The SMILES string of the molecule is CNC(Cc1cccc(F)c1)Cc1ccc(Cl)c(F)c1. The minimum absolute atomic E-state index is 0.109. The molecule has 0 radical (unpaired) electrons. The summed E-state index contributed by atoms with van der Waals surface area (Å²) >= 11 is 5.67. The zero-order chi connectivity index (χ0) is 14.5. The first-order valence-corrected chi connectivity index (χ1v) is 6.82. The van der Waals surface area contributed by atoms with Crippen molar-refractivity contribution < 1.29 is 8.78 Å². The standard InChI is InChI=1S/C16H16ClF2N/c1-20-14(8-11-3-2-4-13(18)7-11)9-12-5-6-15(17)16(19)10-12/h2-7,10,14,20H,8-9H2,1H3. The first-order valence-electron chi connectivity index (χ1n) is 6.44. The predicted molar refractivity (Wildman–Crippen MR) is 78.1 cm³/mol. The second kappa shape index (κ2) is 6.82. The third-order valence-electron chi connectivity index (χ3n) is 3.25. The number of hydrogen-bond acceptors (Lipinski definition) is 1. The van der Waals surface area contributed by atoms with E-state index in [2.05, 4.69) is 5.32 Å². The van der Waals surface area contributed by atoms with Crippen LogP contribution in [0.4, 0.5) is 8.78 Å². The largest absolute Gasteiger partial charge is 0.316 e. The van der Waals surface area contributed by atoms with Crippen LogP contribution in [0.25, 0.3) is 0 Å². The van der Waals surface area contributed by atoms with Crippen LogP contribution in [-0.2, 0) is 12.8 Å². The maximum atomic E-state index is 13.4. The summed E-state index contributed by atoms with van der Waals surface area (Å²) in [5.74, 6) is -0.653. The van der Waals surface area contributed by atoms with Crippen LogP contribution in [0.1, 0.15) is 11.1 Å². The Morgan fingerprint density at radius 1 is 1.05 bits per heavy atom. The monoisotopic (exact) mass is 295 g/mol. The molecule has 4 heteroatoms. The van der Waals surface area contributed by atoms with Crippen molar-refractivity contribution >= 4 is 11.6 Å². The van der Waals surface area contributed by atoms with Gasteiger partial charge in [0.2, 0.25) is 0 Å². The lowest BCUT2D eigenvalue weighted by Gasteiger charge is -2.16. The van der Waals surface area contributed by atoms with E-state index in [4.69, 9.17) is 11.6 Å². The van der Waals surface area contributed by atoms with E-state index >= 15 is 0 Å². The topological polar surface area (TPSA) is 12.0 Å². The quantitative estimate of drug-likeness (QED) is 0.879. The molecular formula is C16H16ClF2N. The number of hydrogen-bond donors (Lipinski definition) is 1. The molecule has 2 aromatic rings. The van der Waals surface area contributed by atoms with Gasteiger partial charge in [-0.2, -0.15) is 0 Å². The highest BCUT2D eigenvalue weighted by molar-refractivity contribution is 6.30. The van der Waals surface area contributed by atoms with Gasteiger partial charge in [0.25, 0.3) is 0 Å². The molecular weight excluding hydrogens is 280 g/mol. The Labute approximate surface area is 122 Å². The van der Waals surface area contributed by atoms with E-state index in [1.54, 1.807) is 18.2 Å². The van der Waals surface area contributed by atoms with Crippen molar-refractivity contribution in [2.45, 2.75) is 18.9 Å². The average Bonchev–Trinajstić information content (AvgIpc) is 2.42. The fourth-order valence-electron chi connectivity index (χ4n) is 2.18. The highest BCUT2D eigenvalue weighted by Gasteiger charge is 2.10. The average molecular weight is 296 g/mol. The summed E-state index contributed by atoms with van der Waals surface area (Å²) in [6.07, 6.45) is 1.33. The van der Waals surface area contributed by atoms with Crippen molar-refractivity contribution in [3.05, 3.63) is 70.2 Å². The molecule has 20 heavy (non-hydrogen) atoms. The molecule has 0 spiro atoms. The van der Waals surface area contributed by atoms with Gasteiger partial charge in [-0.3, -0.25) is 0 Å². The highest BCUT2D eigenvalue weighted by Crippen LogP contribution is 2.17. The van der Waals surface area contributed by atoms with Crippen molar-refractivity contribution in [2.24, 2.45) is 0 Å². The van der Waals surface area contributed by atoms with Gasteiger partial charge in [-0.05, 0) is 55.3 Å². The molecule has 0 amide bonds. The molecule has 1 unspecified atom stereocenters. The third kappa shape index (κ3) is 4.02. The maximum Gasteiger partial charge on any atom is 0.142 e. The van der Waals surface area contributed by atoms with E-state index in [0.29, 0.717) is 12.8 Å². The number of benzene rings is 2. The predicted octanol–water partition coefficient (Wildman–Crippen LogP) is 3.99. The summed E-state index contributed by atoms with van der Waals surface area (Å²) in [5, 5.41) is 3.30. The molecule has 106 valence electrons. The first kappa shape index (κ1) is 14.9. The van der Waals surface area contributed by atoms with Crippen molar-refractivity contribution in [2.75, 3.05) is 7.05 Å². The van der Waals surface area contributed by atoms with Gasteiger partial charge >= 0.3 is 0 Å². The molecule has 0 heterocycles. The van der Waals surface area contributed by atoms with Gasteiger partial charge in [0.15, 0.2) is 0 Å². The van der Waals surface area contributed by atoms with Gasteiger partial charge in [0.05, 0.1) is 5.02 Å². The van der Waals surface area contributed by atoms with Gasteiger partial charge in [0.1, 0.15) is 11.6 Å². The fraction of sp³-hybridized carbons (Fsp3) is 0.250. The Balaban J connectivity index is 2.07. The van der Waals surface area contributed by atoms with Gasteiger partial charge in [0, 0.05) is 6.04 Å². The number of likely N-dealkylation sites (N-methyl/N-ethyl adjacent to an activating group) is 1. The van der Waals surface area contributed by atoms with Crippen LogP contribution < -0.4 is 5.32 Å². The van der Waals surface area contributed by atoms with Gasteiger partial charge in [-0.1, -0.05) is 29.8 Å². The molecule has 1 atom stereocenters. The molecule has 0 aliphatic carbocycles. The van der Waals surface area contributed by atoms with Gasteiger partial charge in [-0.15, -0.1) is 0 Å². The van der Waals surface area contributed by atoms with Crippen molar-refractivity contribution in [1.82, 2.24) is 5.32 Å². The minimum atomic E-state index is -0.412. The molecule has 1 N–H and O–H groups in total. The molecule has 2 aromatic carbocycles. The van der Waals surface area contributed by atoms with E-state index < -0.39 is 5.82 Å². The Bertz CT molecular complexity index is 586. The first-order chi connectivity index (χ1) is 9.58. The van der Waals surface area contributed by atoms with Crippen LogP contribution in [-0.4, -0.2) is 13.1 Å². The smallest absolute Gasteiger partial charge is 0.142 e. The molecule has 0 aliphatic heterocycles. The Morgan fingerprint density at radius 3 is 2.35 bits per heavy atom. The lowest BCUT2D eigenvalue weighted by atomic mass is 9.99. The summed E-state index contributed by atoms with van der Waals surface area (Å²) < 4.78 is 26.6. The lowest BCUT2D eigenvalue weighted by Crippen LogP contribution is -2.30. The van der Waals surface area contributed by atoms with Crippen molar-refractivity contribution in [3.63, 3.8) is 0 Å². The summed E-state index contributed by atoms with van der Waals surface area (Å²) in [4.78, 5) is 0. The zero-order valence-corrected chi connectivity index (χ0v) is 11.9. The van der Waals surface area contributed by atoms with Gasteiger partial charge < -0.3 is 5.32 Å². The fourth-order valence-corrected chi connectivity index (χ4v) is 2.29. The van der Waals surface area contributed by atoms with Crippen LogP contribution in [0.15, 0.2) is 42.5 Å². The number of nitrogens with one attached hydrogen (secondary N) is 1. The van der Waals surface area contributed by atoms with Crippen LogP contribution in [0, 0.1) is 11.6 Å².